The molecule has 2 atom stereocenters. The fourth-order valence-electron chi connectivity index (χ4n) is 4.60. The number of hydrogen-bond acceptors (Lipinski definition) is 4. The Morgan fingerprint density at radius 1 is 1.08 bits per heavy atom. The number of fused-ring (bicyclic) bond motifs is 1. The Labute approximate surface area is 219 Å². The van der Waals surface area contributed by atoms with E-state index in [2.05, 4.69) is 0 Å². The van der Waals surface area contributed by atoms with Gasteiger partial charge >= 0.3 is 5.97 Å². The van der Waals surface area contributed by atoms with Crippen molar-refractivity contribution in [2.24, 2.45) is 0 Å². The van der Waals surface area contributed by atoms with Crippen LogP contribution in [0.25, 0.3) is 0 Å². The van der Waals surface area contributed by atoms with Crippen LogP contribution < -0.4 is 14.5 Å². The zero-order chi connectivity index (χ0) is 26.7. The van der Waals surface area contributed by atoms with Crippen LogP contribution in [0, 0.1) is 5.82 Å². The summed E-state index contributed by atoms with van der Waals surface area (Å²) < 4.78 is 18.9. The van der Waals surface area contributed by atoms with Gasteiger partial charge in [0.2, 0.25) is 5.91 Å². The minimum absolute atomic E-state index is 0.124. The molecule has 2 amide bonds. The van der Waals surface area contributed by atoms with Crippen LogP contribution >= 0.6 is 11.6 Å². The highest BCUT2D eigenvalue weighted by molar-refractivity contribution is 6.30. The Hall–Kier alpha value is -3.91. The molecule has 0 saturated heterocycles. The number of ether oxygens (including phenoxy) is 1. The summed E-state index contributed by atoms with van der Waals surface area (Å²) in [6.07, 6.45) is 0.646. The van der Waals surface area contributed by atoms with Gasteiger partial charge in [-0.1, -0.05) is 18.5 Å². The number of rotatable bonds is 7. The van der Waals surface area contributed by atoms with Crippen LogP contribution in [0.5, 0.6) is 5.75 Å². The summed E-state index contributed by atoms with van der Waals surface area (Å²) in [6.45, 7) is 3.13. The molecule has 0 fully saturated rings. The van der Waals surface area contributed by atoms with E-state index in [-0.39, 0.29) is 24.3 Å². The first-order chi connectivity index (χ1) is 17.7. The van der Waals surface area contributed by atoms with Gasteiger partial charge < -0.3 is 19.6 Å². The SMILES string of the molecule is CCC(=O)N(c1ccc(Cl)cc1)[C@H]1C[C@@H](C)N(C(=O)c2ccc(F)cc2)c2ccc(OCC(=O)O)cc21. The highest BCUT2D eigenvalue weighted by Gasteiger charge is 2.39. The summed E-state index contributed by atoms with van der Waals surface area (Å²) >= 11 is 6.09. The average molecular weight is 525 g/mol. The summed E-state index contributed by atoms with van der Waals surface area (Å²) in [5.41, 5.74) is 2.16. The molecule has 0 radical (unpaired) electrons. The van der Waals surface area contributed by atoms with Crippen molar-refractivity contribution in [1.82, 2.24) is 0 Å². The fraction of sp³-hybridized carbons (Fsp3) is 0.250. The number of carboxylic acid groups (broad SMARTS) is 1. The number of carbonyl (C=O) groups is 3. The maximum atomic E-state index is 13.6. The van der Waals surface area contributed by atoms with E-state index in [0.717, 1.165) is 0 Å². The van der Waals surface area contributed by atoms with E-state index >= 15 is 0 Å². The molecule has 0 aliphatic carbocycles. The van der Waals surface area contributed by atoms with Crippen LogP contribution in [0.1, 0.15) is 48.7 Å². The van der Waals surface area contributed by atoms with Gasteiger partial charge in [-0.05, 0) is 80.1 Å². The smallest absolute Gasteiger partial charge is 0.341 e. The maximum absolute atomic E-state index is 13.6. The van der Waals surface area contributed by atoms with E-state index in [4.69, 9.17) is 21.4 Å². The molecule has 192 valence electrons. The van der Waals surface area contributed by atoms with Gasteiger partial charge in [0.05, 0.1) is 6.04 Å². The van der Waals surface area contributed by atoms with Crippen molar-refractivity contribution in [3.8, 4) is 5.75 Å². The molecule has 1 aliphatic rings. The van der Waals surface area contributed by atoms with Gasteiger partial charge in [-0.25, -0.2) is 9.18 Å². The van der Waals surface area contributed by atoms with Crippen LogP contribution in [-0.2, 0) is 9.59 Å². The number of nitrogens with zero attached hydrogens (tertiary/aromatic N) is 2. The van der Waals surface area contributed by atoms with Gasteiger partial charge in [-0.2, -0.15) is 0 Å². The minimum Gasteiger partial charge on any atom is -0.482 e. The molecule has 3 aromatic rings. The van der Waals surface area contributed by atoms with E-state index in [1.54, 1.807) is 59.2 Å². The normalized spacial score (nSPS) is 16.6. The van der Waals surface area contributed by atoms with Crippen molar-refractivity contribution < 1.29 is 28.6 Å². The Kier molecular flexibility index (Phi) is 7.78. The van der Waals surface area contributed by atoms with Gasteiger partial charge in [-0.15, -0.1) is 0 Å². The number of benzene rings is 3. The molecule has 1 heterocycles. The largest absolute Gasteiger partial charge is 0.482 e. The molecule has 3 aromatic carbocycles. The van der Waals surface area contributed by atoms with Crippen molar-refractivity contribution in [2.75, 3.05) is 16.4 Å². The van der Waals surface area contributed by atoms with Crippen molar-refractivity contribution in [3.05, 3.63) is 88.7 Å². The lowest BCUT2D eigenvalue weighted by Gasteiger charge is -2.43. The minimum atomic E-state index is -1.13. The predicted molar refractivity (Wildman–Crippen MR) is 139 cm³/mol. The first kappa shape index (κ1) is 26.2. The topological polar surface area (TPSA) is 87.2 Å². The van der Waals surface area contributed by atoms with Gasteiger partial charge in [0, 0.05) is 40.0 Å². The number of halogens is 2. The van der Waals surface area contributed by atoms with Crippen LogP contribution in [0.2, 0.25) is 5.02 Å². The number of amides is 2. The third-order valence-corrected chi connectivity index (χ3v) is 6.53. The van der Waals surface area contributed by atoms with Gasteiger partial charge in [0.25, 0.3) is 5.91 Å². The molecule has 0 bridgehead atoms. The zero-order valence-corrected chi connectivity index (χ0v) is 21.1. The lowest BCUT2D eigenvalue weighted by atomic mass is 9.89. The quantitative estimate of drug-likeness (QED) is 0.418. The number of carboxylic acids is 1. The van der Waals surface area contributed by atoms with Crippen molar-refractivity contribution in [3.63, 3.8) is 0 Å². The van der Waals surface area contributed by atoms with Crippen molar-refractivity contribution in [2.45, 2.75) is 38.8 Å². The van der Waals surface area contributed by atoms with Gasteiger partial charge in [-0.3, -0.25) is 9.59 Å². The van der Waals surface area contributed by atoms with E-state index in [1.165, 1.54) is 24.3 Å². The van der Waals surface area contributed by atoms with E-state index in [1.807, 2.05) is 6.92 Å². The van der Waals surface area contributed by atoms with Crippen LogP contribution in [0.4, 0.5) is 15.8 Å². The summed E-state index contributed by atoms with van der Waals surface area (Å²) in [5, 5.41) is 9.59. The van der Waals surface area contributed by atoms with Gasteiger partial charge in [0.15, 0.2) is 6.61 Å². The summed E-state index contributed by atoms with van der Waals surface area (Å²) in [6, 6.07) is 16.4. The molecule has 37 heavy (non-hydrogen) atoms. The molecule has 0 unspecified atom stereocenters. The number of aliphatic carboxylic acids is 1. The van der Waals surface area contributed by atoms with Crippen LogP contribution in [0.15, 0.2) is 66.7 Å². The van der Waals surface area contributed by atoms with E-state index in [0.29, 0.717) is 39.7 Å². The molecule has 1 aliphatic heterocycles. The highest BCUT2D eigenvalue weighted by Crippen LogP contribution is 2.44. The number of hydrogen-bond donors (Lipinski definition) is 1. The third kappa shape index (κ3) is 5.59. The summed E-state index contributed by atoms with van der Waals surface area (Å²) in [5.74, 6) is -1.71. The molecule has 0 spiro atoms. The Balaban J connectivity index is 1.84. The lowest BCUT2D eigenvalue weighted by molar-refractivity contribution is -0.139. The Morgan fingerprint density at radius 3 is 2.38 bits per heavy atom. The molecule has 4 rings (SSSR count). The standard InChI is InChI=1S/C28H26ClFN2O5/c1-3-26(33)32(21-10-6-19(29)7-11-21)25-14-17(2)31(28(36)18-4-8-20(30)9-5-18)24-13-12-22(15-23(24)25)37-16-27(34)35/h4-13,15,17,25H,3,14,16H2,1-2H3,(H,34,35)/t17-,25+/m1/s1. The Bertz CT molecular complexity index is 1310. The number of carbonyl (C=O) groups excluding carboxylic acids is 2. The Morgan fingerprint density at radius 2 is 1.76 bits per heavy atom. The second-order valence-corrected chi connectivity index (χ2v) is 9.22. The van der Waals surface area contributed by atoms with Gasteiger partial charge in [0.1, 0.15) is 11.6 Å². The fourth-order valence-corrected chi connectivity index (χ4v) is 4.73. The van der Waals surface area contributed by atoms with Crippen LogP contribution in [0.3, 0.4) is 0 Å². The maximum Gasteiger partial charge on any atom is 0.341 e. The average Bonchev–Trinajstić information content (AvgIpc) is 2.88. The van der Waals surface area contributed by atoms with E-state index < -0.39 is 24.4 Å². The molecule has 0 saturated carbocycles. The summed E-state index contributed by atoms with van der Waals surface area (Å²) in [7, 11) is 0. The molecule has 1 N–H and O–H groups in total. The molecule has 9 heteroatoms. The van der Waals surface area contributed by atoms with Crippen LogP contribution in [-0.4, -0.2) is 35.5 Å². The molecule has 0 aromatic heterocycles. The summed E-state index contributed by atoms with van der Waals surface area (Å²) in [4.78, 5) is 41.2. The molecular formula is C28H26ClFN2O5. The highest BCUT2D eigenvalue weighted by atomic mass is 35.5. The first-order valence-corrected chi connectivity index (χ1v) is 12.2. The monoisotopic (exact) mass is 524 g/mol. The second-order valence-electron chi connectivity index (χ2n) is 8.78. The first-order valence-electron chi connectivity index (χ1n) is 11.8. The van der Waals surface area contributed by atoms with Crippen molar-refractivity contribution in [1.29, 1.82) is 0 Å². The second kappa shape index (κ2) is 11.0. The van der Waals surface area contributed by atoms with E-state index in [9.17, 15) is 18.8 Å². The number of anilines is 2. The molecular weight excluding hydrogens is 499 g/mol. The predicted octanol–water partition coefficient (Wildman–Crippen LogP) is 5.87. The lowest BCUT2D eigenvalue weighted by Crippen LogP contribution is -2.47. The zero-order valence-electron chi connectivity index (χ0n) is 20.4. The third-order valence-electron chi connectivity index (χ3n) is 6.28. The van der Waals surface area contributed by atoms with Crippen molar-refractivity contribution >= 4 is 40.8 Å². The molecule has 7 nitrogen and oxygen atoms in total.